The zero-order chi connectivity index (χ0) is 28.6. The predicted octanol–water partition coefficient (Wildman–Crippen LogP) is 5.41. The van der Waals surface area contributed by atoms with E-state index < -0.39 is 21.7 Å². The summed E-state index contributed by atoms with van der Waals surface area (Å²) in [4.78, 5) is 0.00280. The van der Waals surface area contributed by atoms with Crippen LogP contribution in [0, 0.1) is 0 Å². The van der Waals surface area contributed by atoms with Crippen molar-refractivity contribution in [3.63, 3.8) is 0 Å². The third-order valence-electron chi connectivity index (χ3n) is 6.28. The van der Waals surface area contributed by atoms with Crippen molar-refractivity contribution < 1.29 is 41.9 Å². The molecule has 1 aliphatic rings. The molecule has 0 aromatic heterocycles. The molecule has 0 bridgehead atoms. The number of benzene rings is 2. The lowest BCUT2D eigenvalue weighted by molar-refractivity contribution is 0.0435. The van der Waals surface area contributed by atoms with Crippen LogP contribution in [0.5, 0.6) is 28.7 Å². The van der Waals surface area contributed by atoms with Gasteiger partial charge in [-0.25, -0.2) is 8.42 Å². The van der Waals surface area contributed by atoms with Crippen LogP contribution in [-0.2, 0) is 14.6 Å². The zero-order valence-corrected chi connectivity index (χ0v) is 25.6. The molecule has 1 saturated heterocycles. The van der Waals surface area contributed by atoms with E-state index in [-0.39, 0.29) is 22.9 Å². The fourth-order valence-electron chi connectivity index (χ4n) is 4.53. The fraction of sp³-hybridized carbons (Fsp3) is 0.571. The number of rotatable bonds is 15. The van der Waals surface area contributed by atoms with Crippen LogP contribution in [0.4, 0.5) is 0 Å². The molecule has 39 heavy (non-hydrogen) atoms. The second kappa shape index (κ2) is 14.4. The summed E-state index contributed by atoms with van der Waals surface area (Å²) in [5, 5.41) is 10.7. The minimum atomic E-state index is -3.88. The van der Waals surface area contributed by atoms with Gasteiger partial charge in [0.05, 0.1) is 58.6 Å². The number of hydrogen-bond acceptors (Lipinski definition) is 9. The number of alkyl halides is 1. The Labute approximate surface area is 239 Å². The Bertz CT molecular complexity index is 1170. The van der Waals surface area contributed by atoms with Gasteiger partial charge in [-0.1, -0.05) is 22.9 Å². The van der Waals surface area contributed by atoms with Gasteiger partial charge >= 0.3 is 0 Å². The van der Waals surface area contributed by atoms with Crippen LogP contribution < -0.4 is 23.7 Å². The summed E-state index contributed by atoms with van der Waals surface area (Å²) in [5.41, 5.74) is 1.54. The van der Waals surface area contributed by atoms with Crippen molar-refractivity contribution in [3.8, 4) is 28.7 Å². The van der Waals surface area contributed by atoms with E-state index in [9.17, 15) is 13.5 Å². The molecule has 2 aromatic carbocycles. The van der Waals surface area contributed by atoms with Crippen LogP contribution in [0.25, 0.3) is 0 Å². The normalized spacial score (nSPS) is 18.0. The molecule has 0 spiro atoms. The molecule has 9 nitrogen and oxygen atoms in total. The molecule has 1 aliphatic heterocycles. The van der Waals surface area contributed by atoms with E-state index in [0.29, 0.717) is 61.0 Å². The van der Waals surface area contributed by atoms with Crippen molar-refractivity contribution >= 4 is 25.8 Å². The van der Waals surface area contributed by atoms with E-state index in [1.165, 1.54) is 6.92 Å². The van der Waals surface area contributed by atoms with Gasteiger partial charge in [0.15, 0.2) is 32.8 Å². The van der Waals surface area contributed by atoms with Crippen LogP contribution >= 0.6 is 15.9 Å². The van der Waals surface area contributed by atoms with Crippen molar-refractivity contribution in [2.24, 2.45) is 0 Å². The first-order valence-electron chi connectivity index (χ1n) is 13.0. The third-order valence-corrected chi connectivity index (χ3v) is 8.73. The summed E-state index contributed by atoms with van der Waals surface area (Å²) >= 11 is 3.40. The van der Waals surface area contributed by atoms with Crippen molar-refractivity contribution in [1.82, 2.24) is 0 Å². The number of hydrogen-bond donors (Lipinski definition) is 1. The number of ether oxygens (including phenoxy) is 6. The number of methoxy groups -OCH3 is 3. The Morgan fingerprint density at radius 1 is 0.923 bits per heavy atom. The molecule has 11 heteroatoms. The van der Waals surface area contributed by atoms with Crippen LogP contribution in [0.15, 0.2) is 29.2 Å². The van der Waals surface area contributed by atoms with E-state index in [2.05, 4.69) is 15.9 Å². The molecule has 0 radical (unpaired) electrons. The summed E-state index contributed by atoms with van der Waals surface area (Å²) in [5.74, 6) is 1.66. The average molecular weight is 632 g/mol. The number of aliphatic hydroxyl groups is 1. The largest absolute Gasteiger partial charge is 0.493 e. The maximum Gasteiger partial charge on any atom is 0.203 e. The molecule has 1 N–H and O–H groups in total. The maximum absolute atomic E-state index is 13.4. The second-order valence-electron chi connectivity index (χ2n) is 9.37. The molecule has 3 rings (SSSR count). The van der Waals surface area contributed by atoms with Gasteiger partial charge in [-0.15, -0.1) is 0 Å². The Balaban J connectivity index is 2.03. The smallest absolute Gasteiger partial charge is 0.203 e. The Hall–Kier alpha value is -2.21. The quantitative estimate of drug-likeness (QED) is 0.204. The van der Waals surface area contributed by atoms with Gasteiger partial charge in [0.25, 0.3) is 0 Å². The van der Waals surface area contributed by atoms with E-state index in [0.717, 1.165) is 17.3 Å². The van der Waals surface area contributed by atoms with E-state index in [4.69, 9.17) is 28.4 Å². The number of sulfone groups is 1. The molecule has 1 fully saturated rings. The van der Waals surface area contributed by atoms with E-state index in [1.54, 1.807) is 27.4 Å². The van der Waals surface area contributed by atoms with Crippen molar-refractivity contribution in [3.05, 3.63) is 35.4 Å². The third kappa shape index (κ3) is 7.71. The van der Waals surface area contributed by atoms with Gasteiger partial charge in [-0.2, -0.15) is 0 Å². The number of halogens is 1. The first-order chi connectivity index (χ1) is 18.7. The highest BCUT2D eigenvalue weighted by Crippen LogP contribution is 2.48. The zero-order valence-electron chi connectivity index (χ0n) is 23.2. The predicted molar refractivity (Wildman–Crippen MR) is 152 cm³/mol. The lowest BCUT2D eigenvalue weighted by Gasteiger charge is -2.21. The van der Waals surface area contributed by atoms with Crippen LogP contribution in [-0.4, -0.2) is 65.3 Å². The molecule has 0 aliphatic carbocycles. The lowest BCUT2D eigenvalue weighted by Crippen LogP contribution is -2.19. The Kier molecular flexibility index (Phi) is 11.6. The first kappa shape index (κ1) is 31.3. The lowest BCUT2D eigenvalue weighted by atomic mass is 10.0. The van der Waals surface area contributed by atoms with Crippen LogP contribution in [0.1, 0.15) is 62.9 Å². The highest BCUT2D eigenvalue weighted by atomic mass is 79.9. The average Bonchev–Trinajstić information content (AvgIpc) is 3.41. The summed E-state index contributed by atoms with van der Waals surface area (Å²) in [6.07, 6.45) is 1.10. The minimum Gasteiger partial charge on any atom is -0.493 e. The molecule has 3 unspecified atom stereocenters. The van der Waals surface area contributed by atoms with Crippen LogP contribution in [0.2, 0.25) is 0 Å². The minimum absolute atomic E-state index is 0.00280. The molecule has 3 atom stereocenters. The Morgan fingerprint density at radius 2 is 1.51 bits per heavy atom. The molecule has 218 valence electrons. The second-order valence-corrected chi connectivity index (χ2v) is 12.2. The standard InChI is InChI=1S/C28H39BrO9S/c1-6-11-37-28-25(36-12-7-10-29)15-20(16-26(28)39(31,32)17-18(2)30)22-9-8-21(38-22)19-13-23(33-3)27(35-5)24(14-19)34-4/h13-16,18,21-22,30H,6-12,17H2,1-5H3. The van der Waals surface area contributed by atoms with Gasteiger partial charge in [-0.3, -0.25) is 0 Å². The molecule has 1 heterocycles. The van der Waals surface area contributed by atoms with Gasteiger partial charge in [0.2, 0.25) is 5.75 Å². The van der Waals surface area contributed by atoms with Gasteiger partial charge in [0, 0.05) is 5.33 Å². The monoisotopic (exact) mass is 630 g/mol. The van der Waals surface area contributed by atoms with Crippen LogP contribution in [0.3, 0.4) is 0 Å². The summed E-state index contributed by atoms with van der Waals surface area (Å²) in [6, 6.07) is 7.14. The van der Waals surface area contributed by atoms with Gasteiger partial charge in [-0.05, 0) is 68.0 Å². The topological polar surface area (TPSA) is 110 Å². The summed E-state index contributed by atoms with van der Waals surface area (Å²) in [6.45, 7) is 4.10. The Morgan fingerprint density at radius 3 is 2.03 bits per heavy atom. The first-order valence-corrected chi connectivity index (χ1v) is 15.8. The maximum atomic E-state index is 13.4. The molecule has 2 aromatic rings. The summed E-state index contributed by atoms with van der Waals surface area (Å²) in [7, 11) is 0.795. The molecule has 0 saturated carbocycles. The van der Waals surface area contributed by atoms with Crippen molar-refractivity contribution in [1.29, 1.82) is 0 Å². The van der Waals surface area contributed by atoms with Crippen molar-refractivity contribution in [2.45, 2.75) is 62.7 Å². The van der Waals surface area contributed by atoms with E-state index in [1.807, 2.05) is 25.1 Å². The fourth-order valence-corrected chi connectivity index (χ4v) is 6.33. The molecule has 0 amide bonds. The highest BCUT2D eigenvalue weighted by Gasteiger charge is 2.33. The highest BCUT2D eigenvalue weighted by molar-refractivity contribution is 9.09. The van der Waals surface area contributed by atoms with Crippen molar-refractivity contribution in [2.75, 3.05) is 45.6 Å². The number of aliphatic hydroxyl groups excluding tert-OH is 1. The SMILES string of the molecule is CCCOc1c(OCCCBr)cc(C2CCC(c3cc(OC)c(OC)c(OC)c3)O2)cc1S(=O)(=O)CC(C)O. The van der Waals surface area contributed by atoms with Gasteiger partial charge < -0.3 is 33.5 Å². The molecular formula is C28H39BrO9S. The van der Waals surface area contributed by atoms with E-state index >= 15 is 0 Å². The molecular weight excluding hydrogens is 592 g/mol. The summed E-state index contributed by atoms with van der Waals surface area (Å²) < 4.78 is 61.6. The van der Waals surface area contributed by atoms with Gasteiger partial charge in [0.1, 0.15) is 4.90 Å².